The normalized spacial score (nSPS) is 10.5. The van der Waals surface area contributed by atoms with Crippen LogP contribution in [0.1, 0.15) is 42.6 Å². The van der Waals surface area contributed by atoms with Gasteiger partial charge in [0.15, 0.2) is 0 Å². The standard InChI is InChI=1S/C15H18N2O4S/c18-13(19)5-3-1-2-4-7-16-14(20)12-10-22-15(17-12)11-6-8-21-9-11/h6,8-10H,1-5,7H2,(H,16,20)(H,18,19). The molecule has 0 unspecified atom stereocenters. The smallest absolute Gasteiger partial charge is 0.303 e. The number of carboxylic acid groups (broad SMARTS) is 1. The van der Waals surface area contributed by atoms with Crippen molar-refractivity contribution in [1.82, 2.24) is 10.3 Å². The molecule has 118 valence electrons. The van der Waals surface area contributed by atoms with Gasteiger partial charge in [-0.05, 0) is 18.9 Å². The van der Waals surface area contributed by atoms with Crippen molar-refractivity contribution in [2.45, 2.75) is 32.1 Å². The number of furan rings is 1. The van der Waals surface area contributed by atoms with Gasteiger partial charge in [0, 0.05) is 23.9 Å². The van der Waals surface area contributed by atoms with Gasteiger partial charge in [0.25, 0.3) is 5.91 Å². The highest BCUT2D eigenvalue weighted by molar-refractivity contribution is 7.13. The highest BCUT2D eigenvalue weighted by Gasteiger charge is 2.11. The zero-order valence-electron chi connectivity index (χ0n) is 12.1. The fraction of sp³-hybridized carbons (Fsp3) is 0.400. The molecular weight excluding hydrogens is 304 g/mol. The number of unbranched alkanes of at least 4 members (excludes halogenated alkanes) is 3. The molecule has 0 saturated carbocycles. The van der Waals surface area contributed by atoms with Crippen molar-refractivity contribution < 1.29 is 19.1 Å². The number of rotatable bonds is 9. The van der Waals surface area contributed by atoms with Crippen LogP contribution in [0.2, 0.25) is 0 Å². The maximum absolute atomic E-state index is 11.9. The molecule has 7 heteroatoms. The van der Waals surface area contributed by atoms with E-state index >= 15 is 0 Å². The Morgan fingerprint density at radius 3 is 2.82 bits per heavy atom. The number of aliphatic carboxylic acids is 1. The van der Waals surface area contributed by atoms with Crippen LogP contribution in [-0.2, 0) is 4.79 Å². The molecule has 2 aromatic heterocycles. The Balaban J connectivity index is 1.66. The predicted molar refractivity (Wildman–Crippen MR) is 82.9 cm³/mol. The third-order valence-electron chi connectivity index (χ3n) is 3.11. The summed E-state index contributed by atoms with van der Waals surface area (Å²) in [5, 5.41) is 13.8. The molecule has 22 heavy (non-hydrogen) atoms. The minimum absolute atomic E-state index is 0.184. The molecule has 0 spiro atoms. The molecule has 0 aliphatic rings. The van der Waals surface area contributed by atoms with Crippen LogP contribution in [0.15, 0.2) is 28.4 Å². The van der Waals surface area contributed by atoms with E-state index in [1.807, 2.05) is 0 Å². The highest BCUT2D eigenvalue weighted by atomic mass is 32.1. The number of hydrogen-bond donors (Lipinski definition) is 2. The van der Waals surface area contributed by atoms with Crippen LogP contribution in [0.3, 0.4) is 0 Å². The van der Waals surface area contributed by atoms with E-state index in [2.05, 4.69) is 10.3 Å². The summed E-state index contributed by atoms with van der Waals surface area (Å²) < 4.78 is 4.99. The van der Waals surface area contributed by atoms with E-state index in [1.165, 1.54) is 11.3 Å². The molecule has 0 fully saturated rings. The quantitative estimate of drug-likeness (QED) is 0.692. The monoisotopic (exact) mass is 322 g/mol. The van der Waals surface area contributed by atoms with Crippen molar-refractivity contribution in [3.63, 3.8) is 0 Å². The van der Waals surface area contributed by atoms with E-state index < -0.39 is 5.97 Å². The lowest BCUT2D eigenvalue weighted by molar-refractivity contribution is -0.137. The van der Waals surface area contributed by atoms with Crippen LogP contribution in [0, 0.1) is 0 Å². The fourth-order valence-corrected chi connectivity index (χ4v) is 2.73. The summed E-state index contributed by atoms with van der Waals surface area (Å²) in [7, 11) is 0. The van der Waals surface area contributed by atoms with Crippen molar-refractivity contribution in [2.24, 2.45) is 0 Å². The molecule has 0 aromatic carbocycles. The molecular formula is C15H18N2O4S. The van der Waals surface area contributed by atoms with Gasteiger partial charge in [0.05, 0.1) is 6.26 Å². The van der Waals surface area contributed by atoms with Gasteiger partial charge in [-0.3, -0.25) is 9.59 Å². The average molecular weight is 322 g/mol. The summed E-state index contributed by atoms with van der Waals surface area (Å²) in [5.74, 6) is -0.943. The van der Waals surface area contributed by atoms with E-state index in [4.69, 9.17) is 9.52 Å². The zero-order chi connectivity index (χ0) is 15.8. The van der Waals surface area contributed by atoms with Crippen LogP contribution >= 0.6 is 11.3 Å². The van der Waals surface area contributed by atoms with Crippen molar-refractivity contribution in [2.75, 3.05) is 6.54 Å². The number of aromatic nitrogens is 1. The van der Waals surface area contributed by atoms with Gasteiger partial charge in [-0.15, -0.1) is 11.3 Å². The van der Waals surface area contributed by atoms with E-state index in [0.29, 0.717) is 18.7 Å². The number of carbonyl (C=O) groups is 2. The third-order valence-corrected chi connectivity index (χ3v) is 4.00. The summed E-state index contributed by atoms with van der Waals surface area (Å²) in [6.07, 6.45) is 6.67. The Kier molecular flexibility index (Phi) is 6.14. The minimum atomic E-state index is -0.759. The molecule has 2 heterocycles. The Bertz CT molecular complexity index is 607. The number of carboxylic acids is 1. The van der Waals surface area contributed by atoms with Crippen molar-refractivity contribution >= 4 is 23.2 Å². The van der Waals surface area contributed by atoms with Crippen molar-refractivity contribution in [3.8, 4) is 10.6 Å². The van der Waals surface area contributed by atoms with Crippen LogP contribution < -0.4 is 5.32 Å². The van der Waals surface area contributed by atoms with Gasteiger partial charge in [-0.1, -0.05) is 12.8 Å². The molecule has 2 N–H and O–H groups in total. The molecule has 2 aromatic rings. The predicted octanol–water partition coefficient (Wildman–Crippen LogP) is 3.17. The number of hydrogen-bond acceptors (Lipinski definition) is 5. The molecule has 0 aliphatic heterocycles. The topological polar surface area (TPSA) is 92.4 Å². The molecule has 1 amide bonds. The number of thiazole rings is 1. The largest absolute Gasteiger partial charge is 0.481 e. The number of nitrogens with zero attached hydrogens (tertiary/aromatic N) is 1. The van der Waals surface area contributed by atoms with Crippen LogP contribution in [0.5, 0.6) is 0 Å². The van der Waals surface area contributed by atoms with Gasteiger partial charge in [-0.2, -0.15) is 0 Å². The second-order valence-electron chi connectivity index (χ2n) is 4.86. The molecule has 0 radical (unpaired) electrons. The van der Waals surface area contributed by atoms with E-state index in [0.717, 1.165) is 29.8 Å². The summed E-state index contributed by atoms with van der Waals surface area (Å²) in [4.78, 5) is 26.6. The molecule has 0 saturated heterocycles. The van der Waals surface area contributed by atoms with Gasteiger partial charge in [-0.25, -0.2) is 4.98 Å². The Morgan fingerprint density at radius 2 is 2.09 bits per heavy atom. The van der Waals surface area contributed by atoms with Gasteiger partial charge < -0.3 is 14.8 Å². The third kappa shape index (κ3) is 5.00. The molecule has 0 bridgehead atoms. The second-order valence-corrected chi connectivity index (χ2v) is 5.72. The van der Waals surface area contributed by atoms with Crippen molar-refractivity contribution in [1.29, 1.82) is 0 Å². The lowest BCUT2D eigenvalue weighted by Crippen LogP contribution is -2.24. The van der Waals surface area contributed by atoms with Gasteiger partial charge in [0.2, 0.25) is 0 Å². The van der Waals surface area contributed by atoms with E-state index in [9.17, 15) is 9.59 Å². The first-order valence-corrected chi connectivity index (χ1v) is 8.03. The van der Waals surface area contributed by atoms with Gasteiger partial charge >= 0.3 is 5.97 Å². The first-order valence-electron chi connectivity index (χ1n) is 7.15. The molecule has 0 atom stereocenters. The molecule has 6 nitrogen and oxygen atoms in total. The molecule has 2 rings (SSSR count). The first-order chi connectivity index (χ1) is 10.7. The maximum Gasteiger partial charge on any atom is 0.303 e. The fourth-order valence-electron chi connectivity index (χ4n) is 1.94. The van der Waals surface area contributed by atoms with Crippen molar-refractivity contribution in [3.05, 3.63) is 29.7 Å². The number of amides is 1. The van der Waals surface area contributed by atoms with E-state index in [1.54, 1.807) is 24.0 Å². The number of carbonyl (C=O) groups excluding carboxylic acids is 1. The summed E-state index contributed by atoms with van der Waals surface area (Å²) in [6, 6.07) is 1.80. The Morgan fingerprint density at radius 1 is 1.27 bits per heavy atom. The lowest BCUT2D eigenvalue weighted by Gasteiger charge is -2.02. The van der Waals surface area contributed by atoms with Crippen LogP contribution in [0.4, 0.5) is 0 Å². The average Bonchev–Trinajstić information content (AvgIpc) is 3.16. The zero-order valence-corrected chi connectivity index (χ0v) is 12.9. The van der Waals surface area contributed by atoms with Crippen LogP contribution in [0.25, 0.3) is 10.6 Å². The highest BCUT2D eigenvalue weighted by Crippen LogP contribution is 2.23. The minimum Gasteiger partial charge on any atom is -0.481 e. The summed E-state index contributed by atoms with van der Waals surface area (Å²) >= 11 is 1.40. The SMILES string of the molecule is O=C(O)CCCCCCNC(=O)c1csc(-c2ccoc2)n1. The lowest BCUT2D eigenvalue weighted by atomic mass is 10.1. The summed E-state index contributed by atoms with van der Waals surface area (Å²) in [6.45, 7) is 0.574. The molecule has 0 aliphatic carbocycles. The van der Waals surface area contributed by atoms with E-state index in [-0.39, 0.29) is 12.3 Å². The van der Waals surface area contributed by atoms with Gasteiger partial charge in [0.1, 0.15) is 17.0 Å². The first kappa shape index (κ1) is 16.2. The second kappa shape index (κ2) is 8.33. The maximum atomic E-state index is 11.9. The Hall–Kier alpha value is -2.15. The number of nitrogens with one attached hydrogen (secondary N) is 1. The van der Waals surface area contributed by atoms with Crippen LogP contribution in [-0.4, -0.2) is 28.5 Å². The Labute approximate surface area is 132 Å². The summed E-state index contributed by atoms with van der Waals surface area (Å²) in [5.41, 5.74) is 1.27.